The third-order valence-corrected chi connectivity index (χ3v) is 8.83. The quantitative estimate of drug-likeness (QED) is 0.650. The van der Waals surface area contributed by atoms with Crippen LogP contribution in [0.2, 0.25) is 0 Å². The van der Waals surface area contributed by atoms with Crippen molar-refractivity contribution in [3.63, 3.8) is 0 Å². The first kappa shape index (κ1) is 21.1. The summed E-state index contributed by atoms with van der Waals surface area (Å²) < 4.78 is 17.2. The maximum Gasteiger partial charge on any atom is 0.306 e. The van der Waals surface area contributed by atoms with E-state index in [4.69, 9.17) is 14.2 Å². The minimum Gasteiger partial charge on any atom is -0.496 e. The van der Waals surface area contributed by atoms with Gasteiger partial charge in [-0.15, -0.1) is 0 Å². The first-order valence-electron chi connectivity index (χ1n) is 10.9. The van der Waals surface area contributed by atoms with Crippen molar-refractivity contribution in [1.82, 2.24) is 0 Å². The molecule has 6 nitrogen and oxygen atoms in total. The van der Waals surface area contributed by atoms with E-state index in [1.807, 2.05) is 6.92 Å². The Morgan fingerprint density at radius 1 is 1.20 bits per heavy atom. The van der Waals surface area contributed by atoms with Gasteiger partial charge in [-0.25, -0.2) is 0 Å². The Balaban J connectivity index is 1.90. The number of rotatable bonds is 4. The van der Waals surface area contributed by atoms with Crippen LogP contribution in [0.4, 0.5) is 0 Å². The van der Waals surface area contributed by atoms with Gasteiger partial charge in [0.1, 0.15) is 11.9 Å². The Labute approximate surface area is 178 Å². The van der Waals surface area contributed by atoms with Gasteiger partial charge in [0, 0.05) is 18.3 Å². The lowest BCUT2D eigenvalue weighted by Crippen LogP contribution is -2.57. The molecule has 4 rings (SSSR count). The Morgan fingerprint density at radius 2 is 1.90 bits per heavy atom. The molecule has 30 heavy (non-hydrogen) atoms. The summed E-state index contributed by atoms with van der Waals surface area (Å²) in [6.45, 7) is 7.83. The van der Waals surface area contributed by atoms with Crippen LogP contribution < -0.4 is 0 Å². The smallest absolute Gasteiger partial charge is 0.306 e. The largest absolute Gasteiger partial charge is 0.496 e. The highest BCUT2D eigenvalue weighted by Gasteiger charge is 2.77. The van der Waals surface area contributed by atoms with Gasteiger partial charge in [0.25, 0.3) is 0 Å². The molecule has 0 saturated heterocycles. The zero-order valence-corrected chi connectivity index (χ0v) is 18.8. The van der Waals surface area contributed by atoms with E-state index in [0.29, 0.717) is 5.76 Å². The predicted molar refractivity (Wildman–Crippen MR) is 109 cm³/mol. The average molecular weight is 417 g/mol. The van der Waals surface area contributed by atoms with Crippen molar-refractivity contribution in [2.24, 2.45) is 28.1 Å². The van der Waals surface area contributed by atoms with Crippen molar-refractivity contribution in [2.75, 3.05) is 14.2 Å². The second kappa shape index (κ2) is 6.69. The number of hydrogen-bond acceptors (Lipinski definition) is 6. The van der Waals surface area contributed by atoms with Crippen LogP contribution in [0, 0.1) is 28.1 Å². The van der Waals surface area contributed by atoms with E-state index < -0.39 is 16.9 Å². The van der Waals surface area contributed by atoms with Gasteiger partial charge < -0.3 is 14.2 Å². The lowest BCUT2D eigenvalue weighted by Gasteiger charge is -2.60. The van der Waals surface area contributed by atoms with E-state index in [1.54, 1.807) is 20.1 Å². The molecule has 6 heteroatoms. The van der Waals surface area contributed by atoms with Crippen LogP contribution in [0.25, 0.3) is 0 Å². The number of Topliss-reactive ketones (excluding diaryl/α,β-unsaturated/α-hetero) is 1. The Kier molecular flexibility index (Phi) is 4.72. The molecule has 0 amide bonds. The van der Waals surface area contributed by atoms with Crippen LogP contribution in [-0.4, -0.2) is 37.9 Å². The number of esters is 1. The monoisotopic (exact) mass is 416 g/mol. The molecule has 2 saturated carbocycles. The molecule has 2 spiro atoms. The van der Waals surface area contributed by atoms with E-state index in [2.05, 4.69) is 13.8 Å². The first-order chi connectivity index (χ1) is 14.1. The molecule has 164 valence electrons. The van der Waals surface area contributed by atoms with Gasteiger partial charge in [0.2, 0.25) is 5.78 Å². The summed E-state index contributed by atoms with van der Waals surface area (Å²) in [6.07, 6.45) is 4.04. The summed E-state index contributed by atoms with van der Waals surface area (Å²) in [4.78, 5) is 39.2. The Bertz CT molecular complexity index is 884. The highest BCUT2D eigenvalue weighted by atomic mass is 16.5. The number of hydrogen-bond donors (Lipinski definition) is 0. The highest BCUT2D eigenvalue weighted by Crippen LogP contribution is 2.78. The van der Waals surface area contributed by atoms with Gasteiger partial charge in [0.05, 0.1) is 19.6 Å². The molecule has 4 aliphatic carbocycles. The number of methoxy groups -OCH3 is 2. The van der Waals surface area contributed by atoms with E-state index >= 15 is 0 Å². The maximum atomic E-state index is 13.6. The topological polar surface area (TPSA) is 78.9 Å². The molecule has 0 radical (unpaired) electrons. The van der Waals surface area contributed by atoms with E-state index in [-0.39, 0.29) is 53.4 Å². The van der Waals surface area contributed by atoms with Crippen LogP contribution in [-0.2, 0) is 28.6 Å². The molecule has 4 unspecified atom stereocenters. The van der Waals surface area contributed by atoms with Gasteiger partial charge in [-0.1, -0.05) is 20.8 Å². The summed E-state index contributed by atoms with van der Waals surface area (Å²) in [7, 11) is 3.09. The van der Waals surface area contributed by atoms with Crippen LogP contribution >= 0.6 is 0 Å². The summed E-state index contributed by atoms with van der Waals surface area (Å²) >= 11 is 0. The molecule has 0 N–H and O–H groups in total. The second-order valence-corrected chi connectivity index (χ2v) is 9.75. The standard InChI is InChI=1S/C24H32O6/c1-7-18(27)30-20-13(2)10-17(26)24(20)14(3)12-23-9-8-22(23,4)21(29-6)19(28-5)15(25)11-16(23)24/h10,14,16,20H,7-9,11-12H2,1-6H3/t14?,16?,20-,22?,23+,24?/m0/s1. The molecule has 0 aromatic heterocycles. The fourth-order valence-electron chi connectivity index (χ4n) is 7.42. The van der Waals surface area contributed by atoms with Crippen LogP contribution in [0.15, 0.2) is 23.2 Å². The Hall–Kier alpha value is -2.11. The third kappa shape index (κ3) is 2.23. The summed E-state index contributed by atoms with van der Waals surface area (Å²) in [5, 5.41) is 0. The maximum absolute atomic E-state index is 13.6. The average Bonchev–Trinajstić information content (AvgIpc) is 3.10. The van der Waals surface area contributed by atoms with Crippen molar-refractivity contribution < 1.29 is 28.6 Å². The normalized spacial score (nSPS) is 42.3. The van der Waals surface area contributed by atoms with Gasteiger partial charge in [-0.05, 0) is 55.1 Å². The summed E-state index contributed by atoms with van der Waals surface area (Å²) in [6, 6.07) is 0. The molecule has 6 atom stereocenters. The summed E-state index contributed by atoms with van der Waals surface area (Å²) in [5.74, 6) is 0.150. The number of ketones is 2. The van der Waals surface area contributed by atoms with E-state index in [0.717, 1.165) is 24.8 Å². The summed E-state index contributed by atoms with van der Waals surface area (Å²) in [5.41, 5.74) is -0.791. The van der Waals surface area contributed by atoms with E-state index in [9.17, 15) is 14.4 Å². The highest BCUT2D eigenvalue weighted by molar-refractivity contribution is 6.02. The van der Waals surface area contributed by atoms with Crippen molar-refractivity contribution in [3.8, 4) is 0 Å². The lowest BCUT2D eigenvalue weighted by atomic mass is 9.44. The lowest BCUT2D eigenvalue weighted by molar-refractivity contribution is -0.166. The zero-order chi connectivity index (χ0) is 22.1. The molecule has 4 aliphatic rings. The van der Waals surface area contributed by atoms with Crippen LogP contribution in [0.5, 0.6) is 0 Å². The Morgan fingerprint density at radius 3 is 2.43 bits per heavy atom. The first-order valence-corrected chi connectivity index (χ1v) is 10.9. The molecule has 0 aliphatic heterocycles. The molecule has 0 bridgehead atoms. The fraction of sp³-hybridized carbons (Fsp3) is 0.708. The van der Waals surface area contributed by atoms with Crippen LogP contribution in [0.1, 0.15) is 59.8 Å². The molecule has 0 aromatic carbocycles. The number of ether oxygens (including phenoxy) is 3. The van der Waals surface area contributed by atoms with Crippen molar-refractivity contribution >= 4 is 17.5 Å². The number of carbonyl (C=O) groups excluding carboxylic acids is 3. The zero-order valence-electron chi connectivity index (χ0n) is 18.8. The second-order valence-electron chi connectivity index (χ2n) is 9.75. The van der Waals surface area contributed by atoms with Crippen LogP contribution in [0.3, 0.4) is 0 Å². The van der Waals surface area contributed by atoms with Crippen molar-refractivity contribution in [2.45, 2.75) is 65.9 Å². The minimum absolute atomic E-state index is 0.00911. The fourth-order valence-corrected chi connectivity index (χ4v) is 7.42. The van der Waals surface area contributed by atoms with Crippen molar-refractivity contribution in [1.29, 1.82) is 0 Å². The molecule has 0 aromatic rings. The SMILES string of the molecule is CCC(=O)O[C@H]1C(C)=CC(=O)C12C(C)C[C@@]13CCC1(C)C(OC)=C(OC)C(=O)CC23. The number of fused-ring (bicyclic) bond motifs is 1. The molecule has 0 heterocycles. The van der Waals surface area contributed by atoms with Gasteiger partial charge >= 0.3 is 5.97 Å². The molecular weight excluding hydrogens is 384 g/mol. The van der Waals surface area contributed by atoms with Crippen molar-refractivity contribution in [3.05, 3.63) is 23.2 Å². The third-order valence-electron chi connectivity index (χ3n) is 8.83. The minimum atomic E-state index is -0.908. The van der Waals surface area contributed by atoms with E-state index in [1.165, 1.54) is 7.11 Å². The van der Waals surface area contributed by atoms with Gasteiger partial charge in [-0.2, -0.15) is 0 Å². The molecule has 2 fully saturated rings. The number of carbonyl (C=O) groups is 3. The predicted octanol–water partition coefficient (Wildman–Crippen LogP) is 3.74. The van der Waals surface area contributed by atoms with Gasteiger partial charge in [0.15, 0.2) is 11.5 Å². The van der Waals surface area contributed by atoms with Gasteiger partial charge in [-0.3, -0.25) is 14.4 Å². The number of allylic oxidation sites excluding steroid dienone is 3. The molecular formula is C24H32O6.